The standard InChI is InChI=1S/C11H5ClF2OS/c1-5(15)9-4-6(12)10-7(13)2-3-8(14)11(10)16-9/h2-3H,1H3. The lowest BCUT2D eigenvalue weighted by Crippen LogP contribution is -2.00. The second-order valence-electron chi connectivity index (χ2n) is 3.16. The summed E-state index contributed by atoms with van der Waals surface area (Å²) in [5.74, 6) is -1.50. The third-order valence-electron chi connectivity index (χ3n) is 2.03. The quantitative estimate of drug-likeness (QED) is 0.714. The normalized spacial score (nSPS) is 14.0. The maximum absolute atomic E-state index is 13.4. The monoisotopic (exact) mass is 258 g/mol. The number of carbonyl (C=O) groups is 1. The number of Topliss-reactive ketones (excluding diaryl/α,β-unsaturated/α-hetero) is 1. The van der Waals surface area contributed by atoms with Gasteiger partial charge in [0, 0.05) is 6.92 Å². The molecule has 0 saturated carbocycles. The lowest BCUT2D eigenvalue weighted by molar-refractivity contribution is -0.112. The van der Waals surface area contributed by atoms with Gasteiger partial charge in [-0.1, -0.05) is 29.1 Å². The molecule has 1 nitrogen and oxygen atoms in total. The summed E-state index contributed by atoms with van der Waals surface area (Å²) in [6, 6.07) is 2.01. The Bertz CT molecular complexity index is 559. The Morgan fingerprint density at radius 1 is 1.38 bits per heavy atom. The van der Waals surface area contributed by atoms with E-state index in [4.69, 9.17) is 11.6 Å². The minimum absolute atomic E-state index is 0.0309. The topological polar surface area (TPSA) is 17.1 Å². The number of carbonyl (C=O) groups excluding carboxylic acids is 1. The van der Waals surface area contributed by atoms with Gasteiger partial charge in [-0.25, -0.2) is 8.78 Å². The van der Waals surface area contributed by atoms with Gasteiger partial charge in [-0.3, -0.25) is 4.79 Å². The summed E-state index contributed by atoms with van der Waals surface area (Å²) in [5.41, 5.74) is 2.51. The molecule has 0 amide bonds. The molecule has 0 aromatic heterocycles. The Morgan fingerprint density at radius 3 is 2.62 bits per heavy atom. The van der Waals surface area contributed by atoms with E-state index in [0.717, 1.165) is 23.9 Å². The van der Waals surface area contributed by atoms with E-state index in [1.54, 1.807) is 0 Å². The molecule has 0 saturated heterocycles. The maximum atomic E-state index is 13.4. The minimum atomic E-state index is -0.621. The van der Waals surface area contributed by atoms with Crippen LogP contribution in [0.15, 0.2) is 27.7 Å². The van der Waals surface area contributed by atoms with E-state index in [2.05, 4.69) is 5.73 Å². The second kappa shape index (κ2) is 4.06. The maximum Gasteiger partial charge on any atom is 0.174 e. The van der Waals surface area contributed by atoms with E-state index in [1.807, 2.05) is 0 Å². The second-order valence-corrected chi connectivity index (χ2v) is 4.56. The molecule has 82 valence electrons. The highest BCUT2D eigenvalue weighted by Gasteiger charge is 2.23. The summed E-state index contributed by atoms with van der Waals surface area (Å²) >= 11 is 6.62. The zero-order valence-electron chi connectivity index (χ0n) is 8.11. The van der Waals surface area contributed by atoms with E-state index in [9.17, 15) is 13.6 Å². The number of thioether (sulfide) groups is 1. The van der Waals surface area contributed by atoms with Crippen molar-refractivity contribution >= 4 is 34.2 Å². The van der Waals surface area contributed by atoms with Crippen LogP contribution in [0.2, 0.25) is 0 Å². The predicted octanol–water partition coefficient (Wildman–Crippen LogP) is 3.72. The Kier molecular flexibility index (Phi) is 2.89. The van der Waals surface area contributed by atoms with Crippen LogP contribution in [0.1, 0.15) is 12.5 Å². The fourth-order valence-corrected chi connectivity index (χ4v) is 2.65. The van der Waals surface area contributed by atoms with Gasteiger partial charge in [-0.05, 0) is 12.1 Å². The lowest BCUT2D eigenvalue weighted by atomic mass is 10.2. The Hall–Kier alpha value is -1.09. The number of fused-ring (bicyclic) bond motifs is 1. The Balaban J connectivity index is 2.73. The first-order valence-electron chi connectivity index (χ1n) is 4.34. The van der Waals surface area contributed by atoms with Crippen molar-refractivity contribution in [3.63, 3.8) is 0 Å². The average molecular weight is 259 g/mol. The molecule has 1 aromatic carbocycles. The molecular formula is C11H5ClF2OS. The van der Waals surface area contributed by atoms with E-state index in [-0.39, 0.29) is 26.2 Å². The molecule has 1 aliphatic rings. The van der Waals surface area contributed by atoms with Crippen LogP contribution in [0.3, 0.4) is 0 Å². The van der Waals surface area contributed by atoms with Gasteiger partial charge in [0.15, 0.2) is 5.78 Å². The number of rotatable bonds is 1. The van der Waals surface area contributed by atoms with Crippen molar-refractivity contribution in [2.75, 3.05) is 0 Å². The van der Waals surface area contributed by atoms with Crippen LogP contribution in [-0.4, -0.2) is 5.78 Å². The highest BCUT2D eigenvalue weighted by Crippen LogP contribution is 2.41. The van der Waals surface area contributed by atoms with Gasteiger partial charge >= 0.3 is 0 Å². The average Bonchev–Trinajstić information content (AvgIpc) is 2.22. The first-order valence-corrected chi connectivity index (χ1v) is 5.53. The van der Waals surface area contributed by atoms with Crippen LogP contribution in [-0.2, 0) is 4.79 Å². The van der Waals surface area contributed by atoms with Crippen LogP contribution in [0.25, 0.3) is 5.03 Å². The highest BCUT2D eigenvalue weighted by molar-refractivity contribution is 8.04. The van der Waals surface area contributed by atoms with E-state index in [1.165, 1.54) is 6.92 Å². The zero-order valence-corrected chi connectivity index (χ0v) is 9.68. The molecule has 0 fully saturated rings. The summed E-state index contributed by atoms with van der Waals surface area (Å²) < 4.78 is 26.9. The fraction of sp³-hybridized carbons (Fsp3) is 0.0909. The molecule has 1 aliphatic heterocycles. The number of hydrogen-bond acceptors (Lipinski definition) is 2. The van der Waals surface area contributed by atoms with Gasteiger partial charge in [-0.15, -0.1) is 0 Å². The number of hydrogen-bond donors (Lipinski definition) is 0. The van der Waals surface area contributed by atoms with Gasteiger partial charge in [-0.2, -0.15) is 0 Å². The van der Waals surface area contributed by atoms with Crippen LogP contribution in [0.4, 0.5) is 8.78 Å². The van der Waals surface area contributed by atoms with Crippen molar-refractivity contribution in [2.45, 2.75) is 11.8 Å². The summed E-state index contributed by atoms with van der Waals surface area (Å²) in [7, 11) is 0. The van der Waals surface area contributed by atoms with Crippen molar-refractivity contribution in [1.82, 2.24) is 0 Å². The summed E-state index contributed by atoms with van der Waals surface area (Å²) in [5, 5.41) is -0.0732. The zero-order chi connectivity index (χ0) is 11.9. The molecule has 0 unspecified atom stereocenters. The third-order valence-corrected chi connectivity index (χ3v) is 3.51. The van der Waals surface area contributed by atoms with Crippen LogP contribution < -0.4 is 0 Å². The SMILES string of the molecule is CC(=O)C1=C=C(Cl)c2c(F)ccc(F)c2S1. The minimum Gasteiger partial charge on any atom is -0.293 e. The van der Waals surface area contributed by atoms with Crippen LogP contribution in [0.5, 0.6) is 0 Å². The number of benzene rings is 1. The summed E-state index contributed by atoms with van der Waals surface area (Å²) in [4.78, 5) is 11.4. The van der Waals surface area contributed by atoms with Gasteiger partial charge < -0.3 is 0 Å². The van der Waals surface area contributed by atoms with Crippen molar-refractivity contribution in [3.8, 4) is 0 Å². The van der Waals surface area contributed by atoms with Crippen molar-refractivity contribution < 1.29 is 13.6 Å². The first-order chi connectivity index (χ1) is 7.50. The van der Waals surface area contributed by atoms with Gasteiger partial charge in [0.05, 0.1) is 20.4 Å². The van der Waals surface area contributed by atoms with Crippen molar-refractivity contribution in [1.29, 1.82) is 0 Å². The molecule has 1 aromatic rings. The predicted molar refractivity (Wildman–Crippen MR) is 59.2 cm³/mol. The summed E-state index contributed by atoms with van der Waals surface area (Å²) in [6.45, 7) is 1.32. The molecule has 2 rings (SSSR count). The smallest absolute Gasteiger partial charge is 0.174 e. The summed E-state index contributed by atoms with van der Waals surface area (Å²) in [6.07, 6.45) is 0. The molecule has 5 heteroatoms. The largest absolute Gasteiger partial charge is 0.293 e. The molecular weight excluding hydrogens is 254 g/mol. The molecule has 1 heterocycles. The first kappa shape index (κ1) is 11.4. The fourth-order valence-electron chi connectivity index (χ4n) is 1.29. The molecule has 0 radical (unpaired) electrons. The highest BCUT2D eigenvalue weighted by atomic mass is 35.5. The lowest BCUT2D eigenvalue weighted by Gasteiger charge is -2.13. The molecule has 0 bridgehead atoms. The van der Waals surface area contributed by atoms with E-state index < -0.39 is 11.6 Å². The number of halogens is 3. The molecule has 0 aliphatic carbocycles. The third kappa shape index (κ3) is 1.80. The van der Waals surface area contributed by atoms with Crippen molar-refractivity contribution in [3.05, 3.63) is 40.0 Å². The van der Waals surface area contributed by atoms with Crippen molar-refractivity contribution in [2.24, 2.45) is 0 Å². The van der Waals surface area contributed by atoms with Gasteiger partial charge in [0.2, 0.25) is 0 Å². The number of ketones is 1. The van der Waals surface area contributed by atoms with Gasteiger partial charge in [0.1, 0.15) is 11.6 Å². The Morgan fingerprint density at radius 2 is 2.00 bits per heavy atom. The van der Waals surface area contributed by atoms with Crippen LogP contribution >= 0.6 is 23.4 Å². The molecule has 16 heavy (non-hydrogen) atoms. The number of allylic oxidation sites excluding steroid dienone is 1. The Labute approximate surface area is 99.8 Å². The molecule has 0 N–H and O–H groups in total. The van der Waals surface area contributed by atoms with Crippen LogP contribution in [0, 0.1) is 11.6 Å². The van der Waals surface area contributed by atoms with E-state index in [0.29, 0.717) is 0 Å². The molecule has 0 spiro atoms. The molecule has 0 atom stereocenters. The van der Waals surface area contributed by atoms with E-state index >= 15 is 0 Å². The van der Waals surface area contributed by atoms with Gasteiger partial charge in [0.25, 0.3) is 0 Å².